The van der Waals surface area contributed by atoms with Crippen LogP contribution in [0.25, 0.3) is 6.08 Å². The number of hydrogen-bond acceptors (Lipinski definition) is 3. The van der Waals surface area contributed by atoms with Gasteiger partial charge in [0.25, 0.3) is 0 Å². The molecule has 1 aliphatic heterocycles. The third-order valence-electron chi connectivity index (χ3n) is 4.31. The van der Waals surface area contributed by atoms with Crippen LogP contribution in [0.2, 0.25) is 0 Å². The van der Waals surface area contributed by atoms with Gasteiger partial charge in [0.2, 0.25) is 0 Å². The molecule has 2 aromatic rings. The number of piperazine rings is 1. The number of rotatable bonds is 5. The summed E-state index contributed by atoms with van der Waals surface area (Å²) in [5, 5.41) is 0. The minimum absolute atomic E-state index is 1.04. The third kappa shape index (κ3) is 5.02. The molecule has 3 heteroatoms. The van der Waals surface area contributed by atoms with Crippen LogP contribution in [0.1, 0.15) is 18.1 Å². The van der Waals surface area contributed by atoms with Crippen LogP contribution < -0.4 is 0 Å². The van der Waals surface area contributed by atoms with E-state index in [9.17, 15) is 0 Å². The lowest BCUT2D eigenvalue weighted by molar-refractivity contribution is 0.135. The van der Waals surface area contributed by atoms with E-state index in [1.54, 1.807) is 0 Å². The number of hydrogen-bond donors (Lipinski definition) is 0. The van der Waals surface area contributed by atoms with E-state index in [1.807, 2.05) is 12.4 Å². The fraction of sp³-hybridized carbons (Fsp3) is 0.350. The van der Waals surface area contributed by atoms with Crippen molar-refractivity contribution in [1.82, 2.24) is 14.8 Å². The molecule has 0 saturated carbocycles. The average Bonchev–Trinajstić information content (AvgIpc) is 2.58. The summed E-state index contributed by atoms with van der Waals surface area (Å²) in [6.45, 7) is 8.90. The van der Waals surface area contributed by atoms with Crippen molar-refractivity contribution in [1.29, 1.82) is 0 Å². The van der Waals surface area contributed by atoms with Gasteiger partial charge in [0.1, 0.15) is 0 Å². The highest BCUT2D eigenvalue weighted by atomic mass is 15.3. The summed E-state index contributed by atoms with van der Waals surface area (Å²) in [6.07, 6.45) is 6.05. The van der Waals surface area contributed by atoms with Crippen molar-refractivity contribution in [2.24, 2.45) is 0 Å². The van der Waals surface area contributed by atoms with E-state index >= 15 is 0 Å². The first kappa shape index (κ1) is 15.9. The molecule has 0 spiro atoms. The van der Waals surface area contributed by atoms with Gasteiger partial charge in [-0.1, -0.05) is 42.0 Å². The Morgan fingerprint density at radius 3 is 2.30 bits per heavy atom. The molecule has 3 nitrogen and oxygen atoms in total. The first-order valence-corrected chi connectivity index (χ1v) is 8.35. The van der Waals surface area contributed by atoms with Crippen molar-refractivity contribution in [2.75, 3.05) is 32.7 Å². The van der Waals surface area contributed by atoms with E-state index in [4.69, 9.17) is 0 Å². The molecule has 0 unspecified atom stereocenters. The summed E-state index contributed by atoms with van der Waals surface area (Å²) in [5.41, 5.74) is 4.08. The van der Waals surface area contributed by atoms with Gasteiger partial charge in [-0.25, -0.2) is 0 Å². The minimum atomic E-state index is 1.04. The molecular formula is C20H25N3. The standard InChI is InChI=1S/C20H25N3/c1-18(15-19-5-3-2-4-6-19)16-22-11-13-23(14-12-22)17-20-7-9-21-10-8-20/h2-10,15H,11-14,16-17H2,1H3. The lowest BCUT2D eigenvalue weighted by atomic mass is 10.1. The van der Waals surface area contributed by atoms with Crippen molar-refractivity contribution < 1.29 is 0 Å². The van der Waals surface area contributed by atoms with Gasteiger partial charge in [0.15, 0.2) is 0 Å². The minimum Gasteiger partial charge on any atom is -0.297 e. The maximum Gasteiger partial charge on any atom is 0.0271 e. The second-order valence-corrected chi connectivity index (χ2v) is 6.31. The summed E-state index contributed by atoms with van der Waals surface area (Å²) in [6, 6.07) is 14.8. The zero-order valence-corrected chi connectivity index (χ0v) is 13.9. The van der Waals surface area contributed by atoms with Crippen LogP contribution in [0.15, 0.2) is 60.4 Å². The van der Waals surface area contributed by atoms with Crippen molar-refractivity contribution >= 4 is 6.08 Å². The molecule has 23 heavy (non-hydrogen) atoms. The Bertz CT molecular complexity index is 614. The fourth-order valence-corrected chi connectivity index (χ4v) is 3.08. The van der Waals surface area contributed by atoms with Crippen LogP contribution >= 0.6 is 0 Å². The second-order valence-electron chi connectivity index (χ2n) is 6.31. The van der Waals surface area contributed by atoms with Gasteiger partial charge in [-0.2, -0.15) is 0 Å². The Morgan fingerprint density at radius 1 is 0.957 bits per heavy atom. The van der Waals surface area contributed by atoms with Crippen molar-refractivity contribution in [3.05, 3.63) is 71.6 Å². The monoisotopic (exact) mass is 307 g/mol. The SMILES string of the molecule is CC(=Cc1ccccc1)CN1CCN(Cc2ccncc2)CC1. The Labute approximate surface area is 139 Å². The van der Waals surface area contributed by atoms with Gasteiger partial charge >= 0.3 is 0 Å². The molecular weight excluding hydrogens is 282 g/mol. The van der Waals surface area contributed by atoms with E-state index in [2.05, 4.69) is 70.2 Å². The van der Waals surface area contributed by atoms with Crippen LogP contribution in [-0.2, 0) is 6.54 Å². The summed E-state index contributed by atoms with van der Waals surface area (Å²) in [7, 11) is 0. The van der Waals surface area contributed by atoms with Gasteiger partial charge in [-0.15, -0.1) is 0 Å². The smallest absolute Gasteiger partial charge is 0.0271 e. The Hall–Kier alpha value is -1.97. The molecule has 0 amide bonds. The molecule has 0 bridgehead atoms. The molecule has 1 fully saturated rings. The molecule has 3 rings (SSSR count). The first-order valence-electron chi connectivity index (χ1n) is 8.35. The predicted molar refractivity (Wildman–Crippen MR) is 96.0 cm³/mol. The summed E-state index contributed by atoms with van der Waals surface area (Å²) in [4.78, 5) is 9.17. The Kier molecular flexibility index (Phi) is 5.56. The molecule has 1 saturated heterocycles. The zero-order chi connectivity index (χ0) is 15.9. The summed E-state index contributed by atoms with van der Waals surface area (Å²) < 4.78 is 0. The Morgan fingerprint density at radius 2 is 1.61 bits per heavy atom. The van der Waals surface area contributed by atoms with Gasteiger partial charge in [-0.3, -0.25) is 14.8 Å². The van der Waals surface area contributed by atoms with Crippen molar-refractivity contribution in [3.63, 3.8) is 0 Å². The highest BCUT2D eigenvalue weighted by Crippen LogP contribution is 2.11. The first-order chi connectivity index (χ1) is 11.3. The largest absolute Gasteiger partial charge is 0.297 e. The molecule has 1 aromatic heterocycles. The van der Waals surface area contributed by atoms with E-state index in [0.717, 1.165) is 39.3 Å². The van der Waals surface area contributed by atoms with Crippen LogP contribution in [0.4, 0.5) is 0 Å². The zero-order valence-electron chi connectivity index (χ0n) is 13.9. The number of pyridine rings is 1. The second kappa shape index (κ2) is 8.04. The molecule has 120 valence electrons. The summed E-state index contributed by atoms with van der Waals surface area (Å²) >= 11 is 0. The highest BCUT2D eigenvalue weighted by Gasteiger charge is 2.16. The maximum absolute atomic E-state index is 4.08. The molecule has 2 heterocycles. The molecule has 0 aliphatic carbocycles. The van der Waals surface area contributed by atoms with Crippen LogP contribution in [-0.4, -0.2) is 47.5 Å². The molecule has 1 aliphatic rings. The lowest BCUT2D eigenvalue weighted by Crippen LogP contribution is -2.46. The number of aromatic nitrogens is 1. The lowest BCUT2D eigenvalue weighted by Gasteiger charge is -2.34. The Balaban J connectivity index is 1.46. The number of nitrogens with zero attached hydrogens (tertiary/aromatic N) is 3. The van der Waals surface area contributed by atoms with Crippen molar-refractivity contribution in [3.8, 4) is 0 Å². The van der Waals surface area contributed by atoms with Gasteiger partial charge in [0.05, 0.1) is 0 Å². The van der Waals surface area contributed by atoms with Gasteiger partial charge in [-0.05, 0) is 30.2 Å². The van der Waals surface area contributed by atoms with E-state index in [-0.39, 0.29) is 0 Å². The topological polar surface area (TPSA) is 19.4 Å². The van der Waals surface area contributed by atoms with E-state index in [0.29, 0.717) is 0 Å². The quantitative estimate of drug-likeness (QED) is 0.845. The van der Waals surface area contributed by atoms with E-state index in [1.165, 1.54) is 16.7 Å². The van der Waals surface area contributed by atoms with Crippen LogP contribution in [0.5, 0.6) is 0 Å². The fourth-order valence-electron chi connectivity index (χ4n) is 3.08. The molecule has 0 N–H and O–H groups in total. The number of benzene rings is 1. The maximum atomic E-state index is 4.08. The average molecular weight is 307 g/mol. The summed E-state index contributed by atoms with van der Waals surface area (Å²) in [5.74, 6) is 0. The van der Waals surface area contributed by atoms with Gasteiger partial charge < -0.3 is 0 Å². The van der Waals surface area contributed by atoms with Crippen molar-refractivity contribution in [2.45, 2.75) is 13.5 Å². The van der Waals surface area contributed by atoms with Gasteiger partial charge in [0, 0.05) is 51.7 Å². The predicted octanol–water partition coefficient (Wildman–Crippen LogP) is 3.30. The molecule has 0 atom stereocenters. The normalized spacial score (nSPS) is 17.3. The molecule has 0 radical (unpaired) electrons. The van der Waals surface area contributed by atoms with Crippen LogP contribution in [0.3, 0.4) is 0 Å². The highest BCUT2D eigenvalue weighted by molar-refractivity contribution is 5.52. The molecule has 1 aromatic carbocycles. The van der Waals surface area contributed by atoms with Crippen LogP contribution in [0, 0.1) is 0 Å². The third-order valence-corrected chi connectivity index (χ3v) is 4.31. The van der Waals surface area contributed by atoms with E-state index < -0.39 is 0 Å².